The molecular formula is C16H23ClN2O. The molecule has 4 heteroatoms. The van der Waals surface area contributed by atoms with Gasteiger partial charge in [0.1, 0.15) is 0 Å². The molecule has 1 heterocycles. The van der Waals surface area contributed by atoms with Gasteiger partial charge >= 0.3 is 0 Å². The highest BCUT2D eigenvalue weighted by atomic mass is 35.5. The molecule has 0 radical (unpaired) electrons. The fourth-order valence-corrected chi connectivity index (χ4v) is 2.96. The lowest BCUT2D eigenvalue weighted by atomic mass is 9.75. The maximum absolute atomic E-state index is 12.6. The predicted molar refractivity (Wildman–Crippen MR) is 82.8 cm³/mol. The van der Waals surface area contributed by atoms with Gasteiger partial charge in [0.05, 0.1) is 11.5 Å². The van der Waals surface area contributed by atoms with E-state index < -0.39 is 0 Å². The number of carbonyl (C=O) groups is 1. The van der Waals surface area contributed by atoms with Crippen LogP contribution in [-0.2, 0) is 4.79 Å². The van der Waals surface area contributed by atoms with Crippen molar-refractivity contribution in [3.8, 4) is 0 Å². The molecule has 20 heavy (non-hydrogen) atoms. The Bertz CT molecular complexity index is 452. The van der Waals surface area contributed by atoms with E-state index in [-0.39, 0.29) is 17.4 Å². The number of piperidine rings is 1. The van der Waals surface area contributed by atoms with E-state index in [9.17, 15) is 4.79 Å². The van der Waals surface area contributed by atoms with Crippen molar-refractivity contribution in [2.24, 2.45) is 5.41 Å². The molecule has 0 aromatic heterocycles. The molecule has 1 amide bonds. The molecule has 0 saturated carbocycles. The average Bonchev–Trinajstić information content (AvgIpc) is 2.48. The van der Waals surface area contributed by atoms with Crippen molar-refractivity contribution in [2.45, 2.75) is 39.2 Å². The van der Waals surface area contributed by atoms with Gasteiger partial charge in [0.25, 0.3) is 0 Å². The number of halogens is 1. The molecule has 2 N–H and O–H groups in total. The van der Waals surface area contributed by atoms with Crippen LogP contribution >= 0.6 is 11.6 Å². The first-order chi connectivity index (χ1) is 9.57. The lowest BCUT2D eigenvalue weighted by molar-refractivity contribution is -0.133. The third-order valence-electron chi connectivity index (χ3n) is 4.44. The van der Waals surface area contributed by atoms with Crippen LogP contribution in [0.4, 0.5) is 0 Å². The Kier molecular flexibility index (Phi) is 5.06. The van der Waals surface area contributed by atoms with Gasteiger partial charge in [-0.1, -0.05) is 30.7 Å². The van der Waals surface area contributed by atoms with Gasteiger partial charge < -0.3 is 10.6 Å². The first-order valence-corrected chi connectivity index (χ1v) is 7.72. The normalized spacial score (nSPS) is 19.4. The van der Waals surface area contributed by atoms with E-state index in [2.05, 4.69) is 17.6 Å². The highest BCUT2D eigenvalue weighted by molar-refractivity contribution is 6.30. The van der Waals surface area contributed by atoms with Crippen LogP contribution < -0.4 is 10.6 Å². The highest BCUT2D eigenvalue weighted by Gasteiger charge is 2.38. The highest BCUT2D eigenvalue weighted by Crippen LogP contribution is 2.33. The zero-order chi connectivity index (χ0) is 14.6. The summed E-state index contributed by atoms with van der Waals surface area (Å²) in [6.07, 6.45) is 2.74. The van der Waals surface area contributed by atoms with Gasteiger partial charge in [-0.2, -0.15) is 0 Å². The largest absolute Gasteiger partial charge is 0.349 e. The van der Waals surface area contributed by atoms with Crippen LogP contribution in [0.5, 0.6) is 0 Å². The van der Waals surface area contributed by atoms with Crippen molar-refractivity contribution >= 4 is 17.5 Å². The second-order valence-electron chi connectivity index (χ2n) is 5.63. The Hall–Kier alpha value is -1.06. The van der Waals surface area contributed by atoms with Crippen LogP contribution in [0.2, 0.25) is 5.02 Å². The second kappa shape index (κ2) is 6.59. The summed E-state index contributed by atoms with van der Waals surface area (Å²) in [5.74, 6) is 0.184. The van der Waals surface area contributed by atoms with Crippen molar-refractivity contribution < 1.29 is 4.79 Å². The quantitative estimate of drug-likeness (QED) is 0.894. The molecule has 0 spiro atoms. The molecule has 1 aliphatic heterocycles. The molecule has 1 saturated heterocycles. The van der Waals surface area contributed by atoms with Gasteiger partial charge in [-0.25, -0.2) is 0 Å². The maximum Gasteiger partial charge on any atom is 0.226 e. The van der Waals surface area contributed by atoms with Crippen molar-refractivity contribution in [3.63, 3.8) is 0 Å². The minimum Gasteiger partial charge on any atom is -0.349 e. The van der Waals surface area contributed by atoms with Gasteiger partial charge in [-0.05, 0) is 57.0 Å². The van der Waals surface area contributed by atoms with E-state index in [1.165, 1.54) is 0 Å². The molecule has 0 unspecified atom stereocenters. The lowest BCUT2D eigenvalue weighted by Gasteiger charge is -2.36. The van der Waals surface area contributed by atoms with Crippen LogP contribution in [0.1, 0.15) is 44.7 Å². The Morgan fingerprint density at radius 1 is 1.35 bits per heavy atom. The summed E-state index contributed by atoms with van der Waals surface area (Å²) in [7, 11) is 0. The minimum absolute atomic E-state index is 0.0121. The van der Waals surface area contributed by atoms with Gasteiger partial charge in [0.2, 0.25) is 5.91 Å². The van der Waals surface area contributed by atoms with Crippen LogP contribution in [0, 0.1) is 5.41 Å². The van der Waals surface area contributed by atoms with Crippen LogP contribution in [-0.4, -0.2) is 19.0 Å². The summed E-state index contributed by atoms with van der Waals surface area (Å²) in [6, 6.07) is 7.67. The number of carbonyl (C=O) groups excluding carboxylic acids is 1. The van der Waals surface area contributed by atoms with Crippen molar-refractivity contribution in [2.75, 3.05) is 13.1 Å². The first kappa shape index (κ1) is 15.3. The van der Waals surface area contributed by atoms with E-state index in [1.807, 2.05) is 31.2 Å². The van der Waals surface area contributed by atoms with E-state index in [4.69, 9.17) is 11.6 Å². The molecule has 0 aliphatic carbocycles. The Labute approximate surface area is 126 Å². The summed E-state index contributed by atoms with van der Waals surface area (Å²) in [5.41, 5.74) is 0.884. The summed E-state index contributed by atoms with van der Waals surface area (Å²) in [4.78, 5) is 12.6. The predicted octanol–water partition coefficient (Wildman–Crippen LogP) is 3.30. The number of nitrogens with one attached hydrogen (secondary N) is 2. The number of amides is 1. The number of benzene rings is 1. The summed E-state index contributed by atoms with van der Waals surface area (Å²) in [5, 5.41) is 7.21. The molecule has 1 atom stereocenters. The van der Waals surface area contributed by atoms with E-state index in [0.717, 1.165) is 42.9 Å². The van der Waals surface area contributed by atoms with Gasteiger partial charge in [0.15, 0.2) is 0 Å². The van der Waals surface area contributed by atoms with E-state index in [1.54, 1.807) is 0 Å². The smallest absolute Gasteiger partial charge is 0.226 e. The molecule has 0 bridgehead atoms. The monoisotopic (exact) mass is 294 g/mol. The maximum atomic E-state index is 12.6. The van der Waals surface area contributed by atoms with Crippen LogP contribution in [0.3, 0.4) is 0 Å². The third-order valence-corrected chi connectivity index (χ3v) is 4.69. The van der Waals surface area contributed by atoms with Gasteiger partial charge in [-0.15, -0.1) is 0 Å². The van der Waals surface area contributed by atoms with Crippen LogP contribution in [0.15, 0.2) is 24.3 Å². The Morgan fingerprint density at radius 3 is 2.50 bits per heavy atom. The van der Waals surface area contributed by atoms with E-state index in [0.29, 0.717) is 0 Å². The zero-order valence-electron chi connectivity index (χ0n) is 12.2. The first-order valence-electron chi connectivity index (χ1n) is 7.34. The second-order valence-corrected chi connectivity index (χ2v) is 6.07. The Balaban J connectivity index is 2.04. The molecule has 3 nitrogen and oxygen atoms in total. The molecule has 2 rings (SSSR count). The minimum atomic E-state index is -0.202. The SMILES string of the molecule is CCC1(C(=O)N[C@@H](C)c2ccc(Cl)cc2)CCNCC1. The van der Waals surface area contributed by atoms with Crippen molar-refractivity contribution in [1.29, 1.82) is 0 Å². The Morgan fingerprint density at radius 2 is 1.95 bits per heavy atom. The van der Waals surface area contributed by atoms with Crippen molar-refractivity contribution in [3.05, 3.63) is 34.9 Å². The fourth-order valence-electron chi connectivity index (χ4n) is 2.83. The fraction of sp³-hybridized carbons (Fsp3) is 0.562. The molecular weight excluding hydrogens is 272 g/mol. The average molecular weight is 295 g/mol. The molecule has 1 aromatic carbocycles. The summed E-state index contributed by atoms with van der Waals surface area (Å²) in [6.45, 7) is 5.98. The van der Waals surface area contributed by atoms with Crippen LogP contribution in [0.25, 0.3) is 0 Å². The number of rotatable bonds is 4. The van der Waals surface area contributed by atoms with E-state index >= 15 is 0 Å². The number of hydrogen-bond acceptors (Lipinski definition) is 2. The molecule has 1 aliphatic rings. The molecule has 1 fully saturated rings. The van der Waals surface area contributed by atoms with Gasteiger partial charge in [0, 0.05) is 5.02 Å². The lowest BCUT2D eigenvalue weighted by Crippen LogP contribution is -2.47. The number of hydrogen-bond donors (Lipinski definition) is 2. The van der Waals surface area contributed by atoms with Crippen molar-refractivity contribution in [1.82, 2.24) is 10.6 Å². The molecule has 1 aromatic rings. The molecule has 110 valence electrons. The third kappa shape index (κ3) is 3.33. The van der Waals surface area contributed by atoms with Gasteiger partial charge in [-0.3, -0.25) is 4.79 Å². The summed E-state index contributed by atoms with van der Waals surface area (Å²) >= 11 is 5.89. The standard InChI is InChI=1S/C16H23ClN2O/c1-3-16(8-10-18-11-9-16)15(20)19-12(2)13-4-6-14(17)7-5-13/h4-7,12,18H,3,8-11H2,1-2H3,(H,19,20)/t12-/m0/s1. The summed E-state index contributed by atoms with van der Waals surface area (Å²) < 4.78 is 0. The zero-order valence-corrected chi connectivity index (χ0v) is 13.0. The topological polar surface area (TPSA) is 41.1 Å².